The van der Waals surface area contributed by atoms with Gasteiger partial charge < -0.3 is 43.6 Å². The number of benzene rings is 1. The lowest BCUT2D eigenvalue weighted by molar-refractivity contribution is -0.254. The summed E-state index contributed by atoms with van der Waals surface area (Å²) < 4.78 is 31.7. The average molecular weight is 723 g/mol. The van der Waals surface area contributed by atoms with Gasteiger partial charge in [0.15, 0.2) is 0 Å². The first-order chi connectivity index (χ1) is 25.4. The van der Waals surface area contributed by atoms with E-state index in [1.165, 1.54) is 0 Å². The van der Waals surface area contributed by atoms with Crippen molar-refractivity contribution >= 4 is 11.8 Å². The highest BCUT2D eigenvalue weighted by molar-refractivity contribution is 6.02. The third kappa shape index (κ3) is 8.93. The first kappa shape index (κ1) is 39.6. The molecule has 286 valence electrons. The Morgan fingerprint density at radius 2 is 1.85 bits per heavy atom. The highest BCUT2D eigenvalue weighted by Crippen LogP contribution is 2.61. The fourth-order valence-corrected chi connectivity index (χ4v) is 8.35. The summed E-state index contributed by atoms with van der Waals surface area (Å²) in [5.74, 6) is -0.330. The van der Waals surface area contributed by atoms with Gasteiger partial charge in [0.05, 0.1) is 31.5 Å². The van der Waals surface area contributed by atoms with E-state index < -0.39 is 30.1 Å². The maximum absolute atomic E-state index is 13.8. The molecular weight excluding hydrogens is 664 g/mol. The minimum Gasteiger partial charge on any atom is -0.490 e. The Morgan fingerprint density at radius 3 is 2.56 bits per heavy atom. The number of rotatable bonds is 20. The maximum atomic E-state index is 13.8. The minimum atomic E-state index is -1.35. The third-order valence-corrected chi connectivity index (χ3v) is 10.7. The maximum Gasteiger partial charge on any atom is 0.409 e. The van der Waals surface area contributed by atoms with Gasteiger partial charge in [-0.3, -0.25) is 0 Å². The Hall–Kier alpha value is -3.64. The monoisotopic (exact) mass is 722 g/mol. The lowest BCUT2D eigenvalue weighted by Gasteiger charge is -2.59. The molecule has 1 aromatic rings. The van der Waals surface area contributed by atoms with Crippen molar-refractivity contribution in [1.29, 1.82) is 0 Å². The van der Waals surface area contributed by atoms with Gasteiger partial charge in [-0.05, 0) is 80.6 Å². The number of oxime groups is 1. The van der Waals surface area contributed by atoms with E-state index in [2.05, 4.69) is 31.9 Å². The number of unbranched alkanes of at least 4 members (excludes halogenated alkanes) is 2. The van der Waals surface area contributed by atoms with Gasteiger partial charge in [-0.2, -0.15) is 0 Å². The number of carbonyl (C=O) groups excluding carboxylic acids is 1. The lowest BCUT2D eigenvalue weighted by atomic mass is 9.55. The van der Waals surface area contributed by atoms with Crippen LogP contribution in [-0.2, 0) is 19.0 Å². The predicted molar refractivity (Wildman–Crippen MR) is 199 cm³/mol. The zero-order valence-corrected chi connectivity index (χ0v) is 30.8. The van der Waals surface area contributed by atoms with Crippen LogP contribution in [-0.4, -0.2) is 91.7 Å². The van der Waals surface area contributed by atoms with Crippen LogP contribution in [0.4, 0.5) is 4.79 Å². The number of allylic oxidation sites excluding steroid dienone is 1. The number of carbonyl (C=O) groups is 1. The fourth-order valence-electron chi connectivity index (χ4n) is 8.35. The zero-order valence-electron chi connectivity index (χ0n) is 30.8. The number of ether oxygens (including phenoxy) is 5. The first-order valence-corrected chi connectivity index (χ1v) is 19.0. The summed E-state index contributed by atoms with van der Waals surface area (Å²) in [6.07, 6.45) is 14.8. The normalized spacial score (nSPS) is 28.4. The van der Waals surface area contributed by atoms with Gasteiger partial charge in [-0.1, -0.05) is 48.9 Å². The first-order valence-electron chi connectivity index (χ1n) is 19.0. The second-order valence-electron chi connectivity index (χ2n) is 14.1. The molecular formula is C41H58N2O9. The van der Waals surface area contributed by atoms with Gasteiger partial charge in [-0.25, -0.2) is 4.79 Å². The van der Waals surface area contributed by atoms with Crippen LogP contribution in [0.15, 0.2) is 73.0 Å². The van der Waals surface area contributed by atoms with Gasteiger partial charge in [0.2, 0.25) is 12.1 Å². The summed E-state index contributed by atoms with van der Waals surface area (Å²) in [6.45, 7) is 13.1. The molecule has 1 amide bonds. The summed E-state index contributed by atoms with van der Waals surface area (Å²) in [6, 6.07) is 5.21. The molecule has 2 aliphatic heterocycles. The molecule has 4 aliphatic rings. The number of fused-ring (bicyclic) bond motifs is 2. The standard InChI is InChI=1S/C41H58N2O9/c1-5-8-24-49-40(46)43(4)36-28-34(42-52-37-17-11-14-25-48-37)32-26-29(15-9-12-20-44)31(16-10-13-21-45)38-33-27-30(47-22-6-2)18-19-35(33)51-41(36,39(32)38)50-23-7-3/h5-7,18-19,26-27,29,31,36-39,44-45H,1-3,8-17,20-25,28H2,4H3. The Kier molecular flexibility index (Phi) is 14.8. The zero-order chi connectivity index (χ0) is 36.9. The van der Waals surface area contributed by atoms with Crippen LogP contribution >= 0.6 is 0 Å². The molecule has 2 aliphatic carbocycles. The van der Waals surface area contributed by atoms with E-state index in [4.69, 9.17) is 33.7 Å². The molecule has 1 aromatic carbocycles. The van der Waals surface area contributed by atoms with Crippen LogP contribution in [0.1, 0.15) is 82.1 Å². The van der Waals surface area contributed by atoms with Crippen molar-refractivity contribution in [2.45, 2.75) is 94.7 Å². The molecule has 7 unspecified atom stereocenters. The quantitative estimate of drug-likeness (QED) is 0.0826. The molecule has 0 spiro atoms. The van der Waals surface area contributed by atoms with Crippen molar-refractivity contribution in [1.82, 2.24) is 4.90 Å². The van der Waals surface area contributed by atoms with E-state index in [1.54, 1.807) is 30.2 Å². The Morgan fingerprint density at radius 1 is 1.06 bits per heavy atom. The van der Waals surface area contributed by atoms with Crippen LogP contribution in [0.3, 0.4) is 0 Å². The van der Waals surface area contributed by atoms with E-state index >= 15 is 0 Å². The third-order valence-electron chi connectivity index (χ3n) is 10.7. The average Bonchev–Trinajstić information content (AvgIpc) is 3.17. The van der Waals surface area contributed by atoms with Crippen LogP contribution < -0.4 is 9.47 Å². The van der Waals surface area contributed by atoms with Gasteiger partial charge >= 0.3 is 6.09 Å². The summed E-state index contributed by atoms with van der Waals surface area (Å²) in [5, 5.41) is 24.4. The van der Waals surface area contributed by atoms with Gasteiger partial charge in [0.25, 0.3) is 0 Å². The van der Waals surface area contributed by atoms with Crippen molar-refractivity contribution in [3.8, 4) is 11.5 Å². The number of likely N-dealkylation sites (N-methyl/N-ethyl adjacent to an activating group) is 1. The van der Waals surface area contributed by atoms with Crippen molar-refractivity contribution in [3.63, 3.8) is 0 Å². The van der Waals surface area contributed by atoms with Crippen LogP contribution in [0.2, 0.25) is 0 Å². The van der Waals surface area contributed by atoms with E-state index in [1.807, 2.05) is 12.1 Å². The Labute approximate surface area is 308 Å². The van der Waals surface area contributed by atoms with E-state index in [9.17, 15) is 15.0 Å². The number of aliphatic hydroxyl groups is 2. The van der Waals surface area contributed by atoms with Crippen molar-refractivity contribution in [2.24, 2.45) is 22.9 Å². The summed E-state index contributed by atoms with van der Waals surface area (Å²) >= 11 is 0. The molecule has 0 radical (unpaired) electrons. The number of amides is 1. The van der Waals surface area contributed by atoms with Crippen molar-refractivity contribution < 1.29 is 43.5 Å². The molecule has 2 heterocycles. The van der Waals surface area contributed by atoms with Crippen molar-refractivity contribution in [2.75, 3.05) is 46.7 Å². The van der Waals surface area contributed by atoms with Crippen molar-refractivity contribution in [3.05, 3.63) is 73.4 Å². The van der Waals surface area contributed by atoms with Crippen LogP contribution in [0, 0.1) is 17.8 Å². The summed E-state index contributed by atoms with van der Waals surface area (Å²) in [4.78, 5) is 21.5. The summed E-state index contributed by atoms with van der Waals surface area (Å²) in [5.41, 5.74) is 2.67. The van der Waals surface area contributed by atoms with Crippen LogP contribution in [0.25, 0.3) is 0 Å². The minimum absolute atomic E-state index is 0.107. The molecule has 5 rings (SSSR count). The van der Waals surface area contributed by atoms with Gasteiger partial charge in [-0.15, -0.1) is 13.2 Å². The number of hydrogen-bond acceptors (Lipinski definition) is 10. The molecule has 2 fully saturated rings. The smallest absolute Gasteiger partial charge is 0.409 e. The highest BCUT2D eigenvalue weighted by atomic mass is 16.8. The lowest BCUT2D eigenvalue weighted by Crippen LogP contribution is -2.69. The molecule has 0 aromatic heterocycles. The predicted octanol–water partition coefficient (Wildman–Crippen LogP) is 7.06. The molecule has 0 bridgehead atoms. The highest BCUT2D eigenvalue weighted by Gasteiger charge is 2.65. The summed E-state index contributed by atoms with van der Waals surface area (Å²) in [7, 11) is 1.72. The molecule has 11 nitrogen and oxygen atoms in total. The van der Waals surface area contributed by atoms with E-state index in [0.717, 1.165) is 56.1 Å². The Bertz CT molecular complexity index is 1420. The van der Waals surface area contributed by atoms with E-state index in [-0.39, 0.29) is 50.6 Å². The topological polar surface area (TPSA) is 129 Å². The molecule has 7 atom stereocenters. The van der Waals surface area contributed by atoms with E-state index in [0.29, 0.717) is 49.7 Å². The largest absolute Gasteiger partial charge is 0.490 e. The van der Waals surface area contributed by atoms with Gasteiger partial charge in [0, 0.05) is 44.6 Å². The van der Waals surface area contributed by atoms with Crippen LogP contribution in [0.5, 0.6) is 11.5 Å². The number of nitrogens with zero attached hydrogens (tertiary/aromatic N) is 2. The fraction of sp³-hybridized carbons (Fsp3) is 0.610. The second kappa shape index (κ2) is 19.4. The SMILES string of the molecule is C=CCCOC(=O)N(C)C1CC(=NOC2CCCCO2)C2=CC(CCCCO)C(CCCCO)C3c4cc(OCC=C)ccc4OC1(OCC=C)C23. The second-order valence-corrected chi connectivity index (χ2v) is 14.1. The Balaban J connectivity index is 1.72. The molecule has 11 heteroatoms. The molecule has 1 saturated carbocycles. The number of hydrogen-bond donors (Lipinski definition) is 2. The molecule has 1 saturated heterocycles. The van der Waals surface area contributed by atoms with Gasteiger partial charge in [0.1, 0.15) is 24.1 Å². The number of aliphatic hydroxyl groups excluding tert-OH is 2. The molecule has 2 N–H and O–H groups in total. The molecule has 52 heavy (non-hydrogen) atoms.